The summed E-state index contributed by atoms with van der Waals surface area (Å²) in [6.45, 7) is 5.31. The van der Waals surface area contributed by atoms with Gasteiger partial charge in [0.05, 0.1) is 25.1 Å². The molecule has 1 N–H and O–H groups in total. The molecule has 1 aliphatic heterocycles. The van der Waals surface area contributed by atoms with Crippen molar-refractivity contribution in [1.82, 2.24) is 9.88 Å². The van der Waals surface area contributed by atoms with Crippen LogP contribution in [-0.2, 0) is 16.1 Å². The number of carbonyl (C=O) groups is 1. The predicted octanol–water partition coefficient (Wildman–Crippen LogP) is 4.02. The first-order valence-corrected chi connectivity index (χ1v) is 11.4. The minimum atomic E-state index is -0.238. The summed E-state index contributed by atoms with van der Waals surface area (Å²) in [6.07, 6.45) is 4.83. The number of anilines is 1. The highest BCUT2D eigenvalue weighted by atomic mass is 16.5. The Morgan fingerprint density at radius 1 is 1.03 bits per heavy atom. The van der Waals surface area contributed by atoms with Gasteiger partial charge in [0.1, 0.15) is 19.0 Å². The van der Waals surface area contributed by atoms with Gasteiger partial charge in [-0.2, -0.15) is 0 Å². The van der Waals surface area contributed by atoms with Crippen LogP contribution in [0.4, 0.5) is 5.69 Å². The smallest absolute Gasteiger partial charge is 0.248 e. The minimum Gasteiger partial charge on any atom is -0.489 e. The van der Waals surface area contributed by atoms with Gasteiger partial charge >= 0.3 is 0 Å². The maximum atomic E-state index is 12.3. The number of benzene rings is 2. The lowest BCUT2D eigenvalue weighted by Gasteiger charge is -2.26. The van der Waals surface area contributed by atoms with E-state index < -0.39 is 0 Å². The highest BCUT2D eigenvalue weighted by molar-refractivity contribution is 6.01. The molecule has 34 heavy (non-hydrogen) atoms. The molecule has 4 rings (SSSR count). The van der Waals surface area contributed by atoms with Crippen molar-refractivity contribution in [1.29, 1.82) is 0 Å². The van der Waals surface area contributed by atoms with E-state index in [1.54, 1.807) is 24.4 Å². The van der Waals surface area contributed by atoms with E-state index in [-0.39, 0.29) is 5.91 Å². The molecular weight excluding hydrogens is 430 g/mol. The maximum Gasteiger partial charge on any atom is 0.248 e. The van der Waals surface area contributed by atoms with Crippen LogP contribution in [0.5, 0.6) is 11.6 Å². The number of pyridine rings is 1. The monoisotopic (exact) mass is 459 g/mol. The molecule has 0 saturated carbocycles. The van der Waals surface area contributed by atoms with Crippen LogP contribution in [0.1, 0.15) is 11.1 Å². The molecule has 2 aromatic carbocycles. The summed E-state index contributed by atoms with van der Waals surface area (Å²) in [5.74, 6) is 1.05. The molecule has 7 heteroatoms. The second-order valence-electron chi connectivity index (χ2n) is 7.86. The second kappa shape index (κ2) is 12.5. The molecular formula is C27H29N3O4. The molecule has 1 aliphatic rings. The molecule has 1 aromatic heterocycles. The fourth-order valence-electron chi connectivity index (χ4n) is 3.45. The number of carbonyl (C=O) groups excluding carboxylic acids is 1. The number of nitrogens with one attached hydrogen (secondary N) is 1. The fraction of sp³-hybridized carbons (Fsp3) is 0.259. The number of hydrogen-bond acceptors (Lipinski definition) is 6. The molecule has 3 aromatic rings. The average Bonchev–Trinajstić information content (AvgIpc) is 2.89. The van der Waals surface area contributed by atoms with Gasteiger partial charge in [-0.1, -0.05) is 42.5 Å². The van der Waals surface area contributed by atoms with Crippen molar-refractivity contribution in [2.45, 2.75) is 6.61 Å². The fourth-order valence-corrected chi connectivity index (χ4v) is 3.45. The van der Waals surface area contributed by atoms with Gasteiger partial charge in [-0.3, -0.25) is 9.69 Å². The lowest BCUT2D eigenvalue weighted by atomic mass is 10.2. The summed E-state index contributed by atoms with van der Waals surface area (Å²) in [4.78, 5) is 18.9. The van der Waals surface area contributed by atoms with Crippen molar-refractivity contribution in [2.75, 3.05) is 44.8 Å². The number of nitrogens with zero attached hydrogens (tertiary/aromatic N) is 2. The summed E-state index contributed by atoms with van der Waals surface area (Å²) in [5, 5.41) is 2.81. The third kappa shape index (κ3) is 7.72. The van der Waals surface area contributed by atoms with Crippen molar-refractivity contribution in [3.63, 3.8) is 0 Å². The van der Waals surface area contributed by atoms with Gasteiger partial charge in [-0.25, -0.2) is 4.98 Å². The first-order valence-electron chi connectivity index (χ1n) is 11.4. The van der Waals surface area contributed by atoms with Gasteiger partial charge in [-0.05, 0) is 35.4 Å². The third-order valence-electron chi connectivity index (χ3n) is 5.30. The molecule has 1 fully saturated rings. The zero-order chi connectivity index (χ0) is 23.4. The number of morpholine rings is 1. The Hall–Kier alpha value is -3.68. The molecule has 1 saturated heterocycles. The van der Waals surface area contributed by atoms with Gasteiger partial charge < -0.3 is 19.5 Å². The normalized spacial score (nSPS) is 14.1. The molecule has 0 bridgehead atoms. The molecule has 176 valence electrons. The van der Waals surface area contributed by atoms with Crippen LogP contribution >= 0.6 is 0 Å². The zero-order valence-electron chi connectivity index (χ0n) is 19.1. The van der Waals surface area contributed by atoms with Gasteiger partial charge in [0.2, 0.25) is 11.8 Å². The maximum absolute atomic E-state index is 12.3. The van der Waals surface area contributed by atoms with Crippen LogP contribution in [0.25, 0.3) is 6.08 Å². The van der Waals surface area contributed by atoms with Crippen LogP contribution in [-0.4, -0.2) is 55.2 Å². The Balaban J connectivity index is 1.21. The van der Waals surface area contributed by atoms with Gasteiger partial charge in [0, 0.05) is 31.8 Å². The van der Waals surface area contributed by atoms with Crippen LogP contribution < -0.4 is 14.8 Å². The Morgan fingerprint density at radius 2 is 1.88 bits per heavy atom. The molecule has 0 unspecified atom stereocenters. The van der Waals surface area contributed by atoms with Crippen LogP contribution in [0.15, 0.2) is 79.0 Å². The number of aromatic nitrogens is 1. The zero-order valence-corrected chi connectivity index (χ0v) is 19.1. The number of ether oxygens (including phenoxy) is 3. The van der Waals surface area contributed by atoms with E-state index in [1.807, 2.05) is 54.6 Å². The number of rotatable bonds is 10. The molecule has 0 aliphatic carbocycles. The number of amides is 1. The Kier molecular flexibility index (Phi) is 8.65. The van der Waals surface area contributed by atoms with Crippen LogP contribution in [0.3, 0.4) is 0 Å². The molecule has 1 amide bonds. The van der Waals surface area contributed by atoms with Crippen LogP contribution in [0.2, 0.25) is 0 Å². The third-order valence-corrected chi connectivity index (χ3v) is 5.30. The standard InChI is InChI=1S/C27H29N3O4/c31-26(11-9-22-7-4-8-25(19-22)34-21-23-5-2-1-3-6-23)29-24-10-12-27(28-20-24)33-18-15-30-13-16-32-17-14-30/h1-12,19-20H,13-18,21H2,(H,29,31)/b11-9+. The van der Waals surface area contributed by atoms with Crippen molar-refractivity contribution in [3.05, 3.63) is 90.1 Å². The molecule has 0 atom stereocenters. The highest BCUT2D eigenvalue weighted by Crippen LogP contribution is 2.17. The van der Waals surface area contributed by atoms with Gasteiger partial charge in [0.15, 0.2) is 0 Å². The average molecular weight is 460 g/mol. The van der Waals surface area contributed by atoms with Gasteiger partial charge in [0.25, 0.3) is 0 Å². The summed E-state index contributed by atoms with van der Waals surface area (Å²) < 4.78 is 16.9. The van der Waals surface area contributed by atoms with E-state index in [0.29, 0.717) is 24.8 Å². The van der Waals surface area contributed by atoms with Crippen molar-refractivity contribution >= 4 is 17.7 Å². The Bertz CT molecular complexity index is 1060. The summed E-state index contributed by atoms with van der Waals surface area (Å²) >= 11 is 0. The highest BCUT2D eigenvalue weighted by Gasteiger charge is 2.10. The second-order valence-corrected chi connectivity index (χ2v) is 7.86. The quantitative estimate of drug-likeness (QED) is 0.462. The molecule has 7 nitrogen and oxygen atoms in total. The molecule has 2 heterocycles. The minimum absolute atomic E-state index is 0.238. The summed E-state index contributed by atoms with van der Waals surface area (Å²) in [5.41, 5.74) is 2.59. The predicted molar refractivity (Wildman–Crippen MR) is 132 cm³/mol. The largest absolute Gasteiger partial charge is 0.489 e. The Morgan fingerprint density at radius 3 is 2.68 bits per heavy atom. The lowest BCUT2D eigenvalue weighted by Crippen LogP contribution is -2.38. The van der Waals surface area contributed by atoms with E-state index in [4.69, 9.17) is 14.2 Å². The lowest BCUT2D eigenvalue weighted by molar-refractivity contribution is -0.111. The van der Waals surface area contributed by atoms with Crippen molar-refractivity contribution in [3.8, 4) is 11.6 Å². The van der Waals surface area contributed by atoms with Crippen LogP contribution in [0, 0.1) is 0 Å². The van der Waals surface area contributed by atoms with Gasteiger partial charge in [-0.15, -0.1) is 0 Å². The van der Waals surface area contributed by atoms with E-state index in [0.717, 1.165) is 49.7 Å². The first-order chi connectivity index (χ1) is 16.7. The summed E-state index contributed by atoms with van der Waals surface area (Å²) in [6, 6.07) is 21.1. The molecule has 0 spiro atoms. The van der Waals surface area contributed by atoms with Crippen molar-refractivity contribution < 1.29 is 19.0 Å². The van der Waals surface area contributed by atoms with E-state index in [9.17, 15) is 4.79 Å². The SMILES string of the molecule is O=C(/C=C/c1cccc(OCc2ccccc2)c1)Nc1ccc(OCCN2CCOCC2)nc1. The van der Waals surface area contributed by atoms with E-state index in [2.05, 4.69) is 15.2 Å². The van der Waals surface area contributed by atoms with E-state index >= 15 is 0 Å². The van der Waals surface area contributed by atoms with Crippen molar-refractivity contribution in [2.24, 2.45) is 0 Å². The number of hydrogen-bond donors (Lipinski definition) is 1. The molecule has 0 radical (unpaired) electrons. The Labute approximate surface area is 200 Å². The van der Waals surface area contributed by atoms with E-state index in [1.165, 1.54) is 6.08 Å². The first kappa shape index (κ1) is 23.5. The topological polar surface area (TPSA) is 72.9 Å². The summed E-state index contributed by atoms with van der Waals surface area (Å²) in [7, 11) is 0.